The van der Waals surface area contributed by atoms with Crippen LogP contribution >= 0.6 is 0 Å². The molecule has 0 saturated carbocycles. The Hall–Kier alpha value is -2.14. The average Bonchev–Trinajstić information content (AvgIpc) is 2.96. The highest BCUT2D eigenvalue weighted by Crippen LogP contribution is 2.23. The first-order chi connectivity index (χ1) is 12.0. The molecule has 25 heavy (non-hydrogen) atoms. The summed E-state index contributed by atoms with van der Waals surface area (Å²) in [6.45, 7) is 7.89. The van der Waals surface area contributed by atoms with Gasteiger partial charge in [-0.1, -0.05) is 18.2 Å². The van der Waals surface area contributed by atoms with Gasteiger partial charge in [0.15, 0.2) is 0 Å². The molecule has 1 aliphatic rings. The number of aryl methyl sites for hydroxylation is 1. The number of H-pyrrole nitrogens is 1. The van der Waals surface area contributed by atoms with E-state index in [4.69, 9.17) is 4.74 Å². The lowest BCUT2D eigenvalue weighted by Crippen LogP contribution is -3.17. The SMILES string of the molecule is CCOC(=O)C1CC[NH+]([C@H](C)C(=O)c2c(C)[nH]c3ccccc23)CC1. The summed E-state index contributed by atoms with van der Waals surface area (Å²) < 4.78 is 5.13. The summed E-state index contributed by atoms with van der Waals surface area (Å²) >= 11 is 0. The van der Waals surface area contributed by atoms with Crippen LogP contribution in [0.25, 0.3) is 10.9 Å². The first-order valence-electron chi connectivity index (χ1n) is 9.15. The summed E-state index contributed by atoms with van der Waals surface area (Å²) in [5, 5.41) is 0.998. The number of nitrogens with one attached hydrogen (secondary N) is 2. The number of aromatic nitrogens is 1. The van der Waals surface area contributed by atoms with Crippen LogP contribution in [0.2, 0.25) is 0 Å². The molecule has 5 nitrogen and oxygen atoms in total. The molecule has 0 spiro atoms. The third-order valence-corrected chi connectivity index (χ3v) is 5.39. The molecule has 1 aliphatic heterocycles. The number of piperidine rings is 1. The number of ether oxygens (including phenoxy) is 1. The van der Waals surface area contributed by atoms with Crippen LogP contribution in [0.3, 0.4) is 0 Å². The van der Waals surface area contributed by atoms with E-state index in [-0.39, 0.29) is 23.7 Å². The molecule has 1 saturated heterocycles. The normalized spacial score (nSPS) is 21.9. The Labute approximate surface area is 148 Å². The second-order valence-corrected chi connectivity index (χ2v) is 6.94. The first-order valence-corrected chi connectivity index (χ1v) is 9.15. The Balaban J connectivity index is 1.71. The number of rotatable bonds is 5. The standard InChI is InChI=1S/C20H26N2O3/c1-4-25-20(24)15-9-11-22(12-10-15)14(3)19(23)18-13(2)21-17-8-6-5-7-16(17)18/h5-8,14-15,21H,4,9-12H2,1-3H3/p+1/t14-/m1/s1. The lowest BCUT2D eigenvalue weighted by Gasteiger charge is -2.31. The number of esters is 1. The molecule has 0 aliphatic carbocycles. The fourth-order valence-corrected chi connectivity index (χ4v) is 3.91. The van der Waals surface area contributed by atoms with Crippen molar-refractivity contribution in [2.75, 3.05) is 19.7 Å². The number of fused-ring (bicyclic) bond motifs is 1. The molecule has 3 rings (SSSR count). The van der Waals surface area contributed by atoms with Crippen LogP contribution in [-0.2, 0) is 9.53 Å². The molecule has 5 heteroatoms. The summed E-state index contributed by atoms with van der Waals surface area (Å²) in [7, 11) is 0. The van der Waals surface area contributed by atoms with Gasteiger partial charge < -0.3 is 14.6 Å². The number of quaternary nitrogens is 1. The predicted octanol–water partition coefficient (Wildman–Crippen LogP) is 1.91. The number of hydrogen-bond donors (Lipinski definition) is 2. The van der Waals surface area contributed by atoms with Crippen LogP contribution in [-0.4, -0.2) is 42.5 Å². The average molecular weight is 343 g/mol. The van der Waals surface area contributed by atoms with Crippen LogP contribution in [0.5, 0.6) is 0 Å². The Morgan fingerprint density at radius 3 is 2.64 bits per heavy atom. The summed E-state index contributed by atoms with van der Waals surface area (Å²) in [6, 6.07) is 7.83. The smallest absolute Gasteiger partial charge is 0.309 e. The predicted molar refractivity (Wildman–Crippen MR) is 96.9 cm³/mol. The van der Waals surface area contributed by atoms with Crippen molar-refractivity contribution >= 4 is 22.7 Å². The number of likely N-dealkylation sites (tertiary alicyclic amines) is 1. The zero-order valence-corrected chi connectivity index (χ0v) is 15.2. The van der Waals surface area contributed by atoms with Gasteiger partial charge in [-0.2, -0.15) is 0 Å². The number of carbonyl (C=O) groups excluding carboxylic acids is 2. The molecular weight excluding hydrogens is 316 g/mol. The van der Waals surface area contributed by atoms with Gasteiger partial charge in [-0.3, -0.25) is 9.59 Å². The molecule has 2 heterocycles. The van der Waals surface area contributed by atoms with Gasteiger partial charge in [0.1, 0.15) is 6.04 Å². The van der Waals surface area contributed by atoms with Gasteiger partial charge in [0, 0.05) is 29.4 Å². The molecule has 1 fully saturated rings. The molecular formula is C20H27N2O3+. The van der Waals surface area contributed by atoms with E-state index >= 15 is 0 Å². The molecule has 0 unspecified atom stereocenters. The maximum Gasteiger partial charge on any atom is 0.309 e. The van der Waals surface area contributed by atoms with Crippen molar-refractivity contribution in [1.29, 1.82) is 0 Å². The maximum absolute atomic E-state index is 13.1. The van der Waals surface area contributed by atoms with E-state index in [0.717, 1.165) is 48.1 Å². The van der Waals surface area contributed by atoms with Crippen LogP contribution in [0.4, 0.5) is 0 Å². The van der Waals surface area contributed by atoms with E-state index in [1.54, 1.807) is 0 Å². The van der Waals surface area contributed by atoms with Crippen LogP contribution in [0, 0.1) is 12.8 Å². The van der Waals surface area contributed by atoms with Crippen molar-refractivity contribution in [2.45, 2.75) is 39.7 Å². The van der Waals surface area contributed by atoms with E-state index in [1.807, 2.05) is 45.0 Å². The number of ketones is 1. The Kier molecular flexibility index (Phi) is 5.23. The minimum absolute atomic E-state index is 0.0131. The van der Waals surface area contributed by atoms with Crippen molar-refractivity contribution in [3.63, 3.8) is 0 Å². The van der Waals surface area contributed by atoms with Crippen LogP contribution in [0.1, 0.15) is 42.7 Å². The van der Waals surface area contributed by atoms with Crippen molar-refractivity contribution in [1.82, 2.24) is 4.98 Å². The van der Waals surface area contributed by atoms with Crippen molar-refractivity contribution < 1.29 is 19.2 Å². The number of Topliss-reactive ketones (excluding diaryl/α,β-unsaturated/α-hetero) is 1. The number of para-hydroxylation sites is 1. The van der Waals surface area contributed by atoms with E-state index in [1.165, 1.54) is 4.90 Å². The summed E-state index contributed by atoms with van der Waals surface area (Å²) in [5.41, 5.74) is 2.74. The van der Waals surface area contributed by atoms with Gasteiger partial charge >= 0.3 is 5.97 Å². The molecule has 0 amide bonds. The second kappa shape index (κ2) is 7.40. The highest BCUT2D eigenvalue weighted by molar-refractivity contribution is 6.10. The quantitative estimate of drug-likeness (QED) is 0.644. The van der Waals surface area contributed by atoms with Crippen molar-refractivity contribution in [3.8, 4) is 0 Å². The maximum atomic E-state index is 13.1. The highest BCUT2D eigenvalue weighted by Gasteiger charge is 2.34. The van der Waals surface area contributed by atoms with Crippen LogP contribution in [0.15, 0.2) is 24.3 Å². The van der Waals surface area contributed by atoms with E-state index < -0.39 is 0 Å². The minimum atomic E-state index is -0.110. The molecule has 2 N–H and O–H groups in total. The number of aromatic amines is 1. The highest BCUT2D eigenvalue weighted by atomic mass is 16.5. The molecule has 0 radical (unpaired) electrons. The monoisotopic (exact) mass is 343 g/mol. The lowest BCUT2D eigenvalue weighted by atomic mass is 9.94. The molecule has 1 aromatic heterocycles. The van der Waals surface area contributed by atoms with Gasteiger partial charge in [-0.05, 0) is 26.8 Å². The molecule has 0 bridgehead atoms. The van der Waals surface area contributed by atoms with Gasteiger partial charge in [0.25, 0.3) is 0 Å². The topological polar surface area (TPSA) is 63.6 Å². The molecule has 134 valence electrons. The summed E-state index contributed by atoms with van der Waals surface area (Å²) in [4.78, 5) is 29.6. The van der Waals surface area contributed by atoms with Gasteiger partial charge in [0.2, 0.25) is 5.78 Å². The van der Waals surface area contributed by atoms with Crippen molar-refractivity contribution in [2.24, 2.45) is 5.92 Å². The zero-order valence-electron chi connectivity index (χ0n) is 15.2. The molecule has 1 aromatic carbocycles. The van der Waals surface area contributed by atoms with Gasteiger partial charge in [-0.25, -0.2) is 0 Å². The Morgan fingerprint density at radius 2 is 1.96 bits per heavy atom. The third kappa shape index (κ3) is 3.47. The fourth-order valence-electron chi connectivity index (χ4n) is 3.91. The van der Waals surface area contributed by atoms with E-state index in [2.05, 4.69) is 4.98 Å². The zero-order chi connectivity index (χ0) is 18.0. The van der Waals surface area contributed by atoms with E-state index in [0.29, 0.717) is 6.61 Å². The van der Waals surface area contributed by atoms with Crippen LogP contribution < -0.4 is 4.90 Å². The summed E-state index contributed by atoms with van der Waals surface area (Å²) in [6.07, 6.45) is 1.58. The molecule has 1 atom stereocenters. The minimum Gasteiger partial charge on any atom is -0.466 e. The van der Waals surface area contributed by atoms with Crippen molar-refractivity contribution in [3.05, 3.63) is 35.5 Å². The molecule has 2 aromatic rings. The number of hydrogen-bond acceptors (Lipinski definition) is 3. The Morgan fingerprint density at radius 1 is 1.28 bits per heavy atom. The lowest BCUT2D eigenvalue weighted by molar-refractivity contribution is -0.919. The fraction of sp³-hybridized carbons (Fsp3) is 0.500. The summed E-state index contributed by atoms with van der Waals surface area (Å²) in [5.74, 6) is 0.0772. The third-order valence-electron chi connectivity index (χ3n) is 5.39. The van der Waals surface area contributed by atoms with Gasteiger partial charge in [0.05, 0.1) is 31.2 Å². The number of benzene rings is 1. The van der Waals surface area contributed by atoms with Gasteiger partial charge in [-0.15, -0.1) is 0 Å². The number of carbonyl (C=O) groups is 2. The largest absolute Gasteiger partial charge is 0.466 e. The van der Waals surface area contributed by atoms with E-state index in [9.17, 15) is 9.59 Å². The Bertz CT molecular complexity index is 772. The first kappa shape index (κ1) is 17.7. The second-order valence-electron chi connectivity index (χ2n) is 6.94.